The zero-order valence-electron chi connectivity index (χ0n) is 20.8. The van der Waals surface area contributed by atoms with E-state index in [9.17, 15) is 74.6 Å². The summed E-state index contributed by atoms with van der Waals surface area (Å²) in [5.41, 5.74) is 0. The molecule has 240 valence electrons. The summed E-state index contributed by atoms with van der Waals surface area (Å²) in [6.07, 6.45) is -4.67. The van der Waals surface area contributed by atoms with E-state index >= 15 is 0 Å². The van der Waals surface area contributed by atoms with Crippen molar-refractivity contribution in [2.75, 3.05) is 0 Å². The Morgan fingerprint density at radius 3 is 1.12 bits per heavy atom. The van der Waals surface area contributed by atoms with Gasteiger partial charge in [0.25, 0.3) is 0 Å². The lowest BCUT2D eigenvalue weighted by Gasteiger charge is -2.42. The van der Waals surface area contributed by atoms with E-state index in [1.165, 1.54) is 0 Å². The fourth-order valence-corrected chi connectivity index (χ4v) is 3.64. The van der Waals surface area contributed by atoms with E-state index in [0.29, 0.717) is 25.8 Å². The molecule has 1 heterocycles. The van der Waals surface area contributed by atoms with Crippen molar-refractivity contribution in [2.24, 2.45) is 0 Å². The van der Waals surface area contributed by atoms with E-state index in [1.807, 2.05) is 35.2 Å². The maximum absolute atomic E-state index is 13.9. The van der Waals surface area contributed by atoms with Gasteiger partial charge in [-0.15, -0.1) is 0 Å². The van der Waals surface area contributed by atoms with Crippen LogP contribution in [0, 0.1) is 0 Å². The van der Waals surface area contributed by atoms with Gasteiger partial charge in [-0.25, -0.2) is 4.57 Å². The van der Waals surface area contributed by atoms with Gasteiger partial charge in [0.2, 0.25) is 0 Å². The van der Waals surface area contributed by atoms with Gasteiger partial charge >= 0.3 is 47.6 Å². The molecule has 0 bridgehead atoms. The van der Waals surface area contributed by atoms with Crippen LogP contribution in [0.25, 0.3) is 0 Å². The van der Waals surface area contributed by atoms with Gasteiger partial charge in [0.1, 0.15) is 6.54 Å². The number of aryl methyl sites for hydroxylation is 1. The van der Waals surface area contributed by atoms with Crippen molar-refractivity contribution in [3.8, 4) is 0 Å². The van der Waals surface area contributed by atoms with E-state index in [2.05, 4.69) is 0 Å². The van der Waals surface area contributed by atoms with Crippen molar-refractivity contribution in [1.29, 1.82) is 0 Å². The molecule has 0 unspecified atom stereocenters. The van der Waals surface area contributed by atoms with Crippen LogP contribution < -0.4 is 4.57 Å². The molecule has 0 N–H and O–H groups in total. The van der Waals surface area contributed by atoms with Crippen LogP contribution in [0.2, 0.25) is 0 Å². The number of hydrogen-bond acceptors (Lipinski definition) is 0. The van der Waals surface area contributed by atoms with Crippen LogP contribution in [0.15, 0.2) is 30.6 Å². The Kier molecular flexibility index (Phi) is 11.4. The molecule has 1 aromatic heterocycles. The zero-order valence-corrected chi connectivity index (χ0v) is 20.8. The molecule has 41 heavy (non-hydrogen) atoms. The molecule has 0 saturated carbocycles. The first-order chi connectivity index (χ1) is 18.3. The van der Waals surface area contributed by atoms with Crippen molar-refractivity contribution in [1.82, 2.24) is 0 Å². The lowest BCUT2D eigenvalue weighted by atomic mass is 9.87. The van der Waals surface area contributed by atoms with Crippen LogP contribution in [0.1, 0.15) is 57.8 Å². The predicted octanol–water partition coefficient (Wildman–Crippen LogP) is 9.49. The monoisotopic (exact) mass is 638 g/mol. The van der Waals surface area contributed by atoms with E-state index in [4.69, 9.17) is 0 Å². The lowest BCUT2D eigenvalue weighted by molar-refractivity contribution is -0.697. The number of hydrogen-bond donors (Lipinski definition) is 0. The average Bonchev–Trinajstić information content (AvgIpc) is 2.84. The number of alkyl halides is 17. The second-order valence-electron chi connectivity index (χ2n) is 9.34. The van der Waals surface area contributed by atoms with Crippen LogP contribution in [-0.4, -0.2) is 47.6 Å². The number of pyridine rings is 1. The summed E-state index contributed by atoms with van der Waals surface area (Å²) in [5, 5.41) is 0. The molecule has 1 rings (SSSR count). The Labute approximate surface area is 222 Å². The van der Waals surface area contributed by atoms with Crippen LogP contribution in [0.4, 0.5) is 74.6 Å². The molecule has 0 aliphatic rings. The number of halogens is 17. The topological polar surface area (TPSA) is 3.88 Å². The predicted molar refractivity (Wildman–Crippen MR) is 109 cm³/mol. The third kappa shape index (κ3) is 7.13. The van der Waals surface area contributed by atoms with Crippen molar-refractivity contribution in [3.05, 3.63) is 30.6 Å². The van der Waals surface area contributed by atoms with E-state index in [1.54, 1.807) is 0 Å². The molecular formula is C23H25F17N+. The summed E-state index contributed by atoms with van der Waals surface area (Å²) in [4.78, 5) is 0. The Morgan fingerprint density at radius 2 is 0.707 bits per heavy atom. The molecule has 18 heteroatoms. The highest BCUT2D eigenvalue weighted by atomic mass is 19.4. The number of unbranched alkanes of at least 4 members (excludes halogenated alkanes) is 7. The minimum Gasteiger partial charge on any atom is -0.205 e. The maximum Gasteiger partial charge on any atom is 0.460 e. The Bertz CT molecular complexity index is 941. The van der Waals surface area contributed by atoms with E-state index in [0.717, 1.165) is 12.8 Å². The minimum absolute atomic E-state index is 0.0679. The molecule has 0 aliphatic heterocycles. The Balaban J connectivity index is 2.77. The first-order valence-corrected chi connectivity index (χ1v) is 12.0. The van der Waals surface area contributed by atoms with Gasteiger partial charge in [-0.05, 0) is 12.8 Å². The Hall–Kier alpha value is -2.04. The first kappa shape index (κ1) is 37.0. The number of aromatic nitrogens is 1. The van der Waals surface area contributed by atoms with Crippen LogP contribution >= 0.6 is 0 Å². The number of nitrogens with zero attached hydrogens (tertiary/aromatic N) is 1. The second kappa shape index (κ2) is 12.7. The maximum atomic E-state index is 13.9. The summed E-state index contributed by atoms with van der Waals surface area (Å²) >= 11 is 0. The van der Waals surface area contributed by atoms with Gasteiger partial charge in [-0.3, -0.25) is 0 Å². The fourth-order valence-electron chi connectivity index (χ4n) is 3.64. The van der Waals surface area contributed by atoms with Gasteiger partial charge < -0.3 is 0 Å². The summed E-state index contributed by atoms with van der Waals surface area (Å²) in [6, 6.07) is 5.46. The van der Waals surface area contributed by atoms with Crippen molar-refractivity contribution < 1.29 is 79.2 Å². The van der Waals surface area contributed by atoms with Crippen molar-refractivity contribution in [2.45, 2.75) is 112 Å². The molecule has 0 atom stereocenters. The lowest BCUT2D eigenvalue weighted by Crippen LogP contribution is -2.74. The molecular weight excluding hydrogens is 613 g/mol. The smallest absolute Gasteiger partial charge is 0.205 e. The summed E-state index contributed by atoms with van der Waals surface area (Å²) in [5.74, 6) is -55.8. The number of rotatable bonds is 17. The van der Waals surface area contributed by atoms with Crippen molar-refractivity contribution in [3.63, 3.8) is 0 Å². The molecule has 0 fully saturated rings. The normalized spacial score (nSPS) is 15.0. The Morgan fingerprint density at radius 1 is 0.366 bits per heavy atom. The molecule has 0 aliphatic carbocycles. The highest BCUT2D eigenvalue weighted by Crippen LogP contribution is 2.64. The SMILES string of the molecule is FC(F)(F)C(F)(F)C(F)(F)C(F)(F)C(F)(F)C(F)(F)C(F)(F)C(F)(F)CCCCCCCCCC[n+]1ccccc1. The van der Waals surface area contributed by atoms with Gasteiger partial charge in [0, 0.05) is 25.0 Å². The van der Waals surface area contributed by atoms with Crippen LogP contribution in [-0.2, 0) is 6.54 Å². The van der Waals surface area contributed by atoms with E-state index < -0.39 is 60.5 Å². The zero-order chi connectivity index (χ0) is 32.2. The molecule has 1 aromatic rings. The molecule has 0 radical (unpaired) electrons. The van der Waals surface area contributed by atoms with Gasteiger partial charge in [-0.2, -0.15) is 74.6 Å². The highest BCUT2D eigenvalue weighted by Gasteiger charge is 2.95. The van der Waals surface area contributed by atoms with Gasteiger partial charge in [-0.1, -0.05) is 38.2 Å². The van der Waals surface area contributed by atoms with Gasteiger partial charge in [0.15, 0.2) is 12.4 Å². The fraction of sp³-hybridized carbons (Fsp3) is 0.783. The van der Waals surface area contributed by atoms with Gasteiger partial charge in [0.05, 0.1) is 0 Å². The van der Waals surface area contributed by atoms with Crippen LogP contribution in [0.5, 0.6) is 0 Å². The van der Waals surface area contributed by atoms with E-state index in [-0.39, 0.29) is 12.8 Å². The molecule has 0 aromatic carbocycles. The molecule has 0 saturated heterocycles. The summed E-state index contributed by atoms with van der Waals surface area (Å²) in [6.45, 7) is 0.710. The third-order valence-electron chi connectivity index (χ3n) is 6.22. The summed E-state index contributed by atoms with van der Waals surface area (Å²) < 4.78 is 227. The van der Waals surface area contributed by atoms with Crippen LogP contribution in [0.3, 0.4) is 0 Å². The highest BCUT2D eigenvalue weighted by molar-refractivity contribution is 5.15. The first-order valence-electron chi connectivity index (χ1n) is 12.0. The van der Waals surface area contributed by atoms with Crippen molar-refractivity contribution >= 4 is 0 Å². The molecule has 1 nitrogen and oxygen atoms in total. The average molecular weight is 638 g/mol. The molecule has 0 amide bonds. The third-order valence-corrected chi connectivity index (χ3v) is 6.22. The second-order valence-corrected chi connectivity index (χ2v) is 9.34. The quantitative estimate of drug-likeness (QED) is 0.0910. The molecule has 0 spiro atoms. The minimum atomic E-state index is -8.58. The largest absolute Gasteiger partial charge is 0.460 e. The summed E-state index contributed by atoms with van der Waals surface area (Å²) in [7, 11) is 0. The standard InChI is InChI=1S/C23H25F17N/c24-16(25,12-8-5-3-1-2-4-6-9-13-41-14-10-7-11-15-41)17(26,27)18(28,29)19(30,31)20(32,33)21(34,35)22(36,37)23(38,39)40/h7,10-11,14-15H,1-6,8-9,12-13H2/q+1.